The van der Waals surface area contributed by atoms with E-state index in [1.54, 1.807) is 0 Å². The number of carbonyl (C=O) groups is 1. The summed E-state index contributed by atoms with van der Waals surface area (Å²) in [5.74, 6) is -3.76. The van der Waals surface area contributed by atoms with Gasteiger partial charge in [0.25, 0.3) is 11.1 Å². The standard InChI is InChI=1S/C41H25Br2F8N9O8S2/c1-67-27-11-9-25(52-54-27)59-33(61)29-19(31(42)69-35(29)57(37(59)63)15-17-21(40(46,47)48)5-3-7-23(17)44)13-56(39(65)66)14-20-30-34(62)60(26-10-12-28(68-2)55-53-26)38(64)58(36(30)70-32(20)43)16-18-22(41(49,50)51)6-4-8-24(18)45/h3-12H,13-16H2,1-2H3,(H,65,66). The van der Waals surface area contributed by atoms with E-state index in [0.717, 1.165) is 36.4 Å². The number of nitrogens with zero attached hydrogens (tertiary/aromatic N) is 9. The predicted molar refractivity (Wildman–Crippen MR) is 241 cm³/mol. The molecule has 0 atom stereocenters. The molecule has 0 saturated carbocycles. The van der Waals surface area contributed by atoms with Gasteiger partial charge in [0.05, 0.1) is 69.9 Å². The number of halogens is 10. The number of aromatic nitrogens is 8. The monoisotopic (exact) mass is 1140 g/mol. The Balaban J connectivity index is 1.33. The van der Waals surface area contributed by atoms with E-state index >= 15 is 8.78 Å². The number of methoxy groups -OCH3 is 2. The molecule has 1 N–H and O–H groups in total. The molecule has 0 bridgehead atoms. The first-order valence-electron chi connectivity index (χ1n) is 19.4. The summed E-state index contributed by atoms with van der Waals surface area (Å²) < 4.78 is 128. The van der Waals surface area contributed by atoms with Crippen molar-refractivity contribution in [3.63, 3.8) is 0 Å². The van der Waals surface area contributed by atoms with Crippen LogP contribution in [0.3, 0.4) is 0 Å². The lowest BCUT2D eigenvalue weighted by Crippen LogP contribution is -2.40. The number of fused-ring (bicyclic) bond motifs is 2. The van der Waals surface area contributed by atoms with Crippen LogP contribution in [0.4, 0.5) is 39.9 Å². The first kappa shape index (κ1) is 49.6. The second kappa shape index (κ2) is 18.8. The zero-order chi connectivity index (χ0) is 50.7. The van der Waals surface area contributed by atoms with Crippen molar-refractivity contribution in [1.29, 1.82) is 0 Å². The second-order valence-corrected chi connectivity index (χ2v) is 19.3. The highest BCUT2D eigenvalue weighted by Gasteiger charge is 2.37. The van der Waals surface area contributed by atoms with Gasteiger partial charge in [-0.05, 0) is 68.3 Å². The third kappa shape index (κ3) is 8.96. The molecular formula is C41H25Br2F8N9O8S2. The number of carboxylic acid groups (broad SMARTS) is 1. The number of ether oxygens (including phenoxy) is 2. The highest BCUT2D eigenvalue weighted by Crippen LogP contribution is 2.40. The molecule has 17 nitrogen and oxygen atoms in total. The van der Waals surface area contributed by atoms with Crippen LogP contribution in [0, 0.1) is 11.6 Å². The van der Waals surface area contributed by atoms with E-state index in [4.69, 9.17) is 9.47 Å². The fourth-order valence-corrected chi connectivity index (χ4v) is 11.0. The Morgan fingerprint density at radius 2 is 1.01 bits per heavy atom. The smallest absolute Gasteiger partial charge is 0.416 e. The van der Waals surface area contributed by atoms with Crippen molar-refractivity contribution in [2.75, 3.05) is 14.2 Å². The zero-order valence-corrected chi connectivity index (χ0v) is 39.8. The molecule has 6 aromatic heterocycles. The third-order valence-corrected chi connectivity index (χ3v) is 14.6. The van der Waals surface area contributed by atoms with Crippen molar-refractivity contribution >= 4 is 81.1 Å². The first-order chi connectivity index (χ1) is 33.0. The van der Waals surface area contributed by atoms with Crippen LogP contribution in [0.5, 0.6) is 11.8 Å². The number of rotatable bonds is 12. The van der Waals surface area contributed by atoms with Gasteiger partial charge < -0.3 is 14.6 Å². The number of amides is 1. The van der Waals surface area contributed by atoms with Crippen LogP contribution in [0.15, 0.2) is 87.4 Å². The van der Waals surface area contributed by atoms with Crippen molar-refractivity contribution in [3.05, 3.63) is 155 Å². The van der Waals surface area contributed by atoms with Crippen LogP contribution in [-0.2, 0) is 38.5 Å². The summed E-state index contributed by atoms with van der Waals surface area (Å²) in [6, 6.07) is 8.97. The molecule has 0 radical (unpaired) electrons. The molecule has 8 aromatic rings. The minimum absolute atomic E-state index is 0.0315. The molecule has 0 unspecified atom stereocenters. The number of thiophene rings is 2. The summed E-state index contributed by atoms with van der Waals surface area (Å²) in [4.78, 5) is 70.8. The van der Waals surface area contributed by atoms with E-state index in [1.807, 2.05) is 0 Å². The van der Waals surface area contributed by atoms with Gasteiger partial charge >= 0.3 is 29.8 Å². The highest BCUT2D eigenvalue weighted by molar-refractivity contribution is 9.11. The van der Waals surface area contributed by atoms with E-state index in [2.05, 4.69) is 52.3 Å². The molecule has 6 heterocycles. The molecule has 70 heavy (non-hydrogen) atoms. The maximum atomic E-state index is 15.4. The van der Waals surface area contributed by atoms with Crippen molar-refractivity contribution in [2.45, 2.75) is 38.5 Å². The van der Waals surface area contributed by atoms with Crippen molar-refractivity contribution < 1.29 is 54.5 Å². The SMILES string of the molecule is COc1ccc(-n2c(=O)c3c(CN(Cc4c(Br)sc5c4c(=O)n(-c4ccc(OC)nn4)c(=O)n5Cc4c(F)cccc4C(F)(F)F)C(=O)O)c(Br)sc3n(Cc3c(F)cccc3C(F)(F)F)c2=O)nn1. The van der Waals surface area contributed by atoms with Gasteiger partial charge in [0.15, 0.2) is 11.6 Å². The van der Waals surface area contributed by atoms with Crippen molar-refractivity contribution in [2.24, 2.45) is 0 Å². The van der Waals surface area contributed by atoms with Gasteiger partial charge in [-0.1, -0.05) is 12.1 Å². The third-order valence-electron chi connectivity index (χ3n) is 10.6. The Kier molecular flexibility index (Phi) is 13.3. The summed E-state index contributed by atoms with van der Waals surface area (Å²) in [7, 11) is 2.48. The molecule has 1 amide bonds. The van der Waals surface area contributed by atoms with E-state index in [9.17, 15) is 55.4 Å². The Bertz CT molecular complexity index is 3420. The quantitative estimate of drug-likeness (QED) is 0.116. The molecule has 364 valence electrons. The van der Waals surface area contributed by atoms with Gasteiger partial charge in [-0.25, -0.2) is 32.3 Å². The molecule has 0 aliphatic rings. The Hall–Kier alpha value is -6.85. The Morgan fingerprint density at radius 3 is 1.33 bits per heavy atom. The van der Waals surface area contributed by atoms with Gasteiger partial charge in [-0.2, -0.15) is 26.3 Å². The minimum atomic E-state index is -5.11. The average molecular weight is 1150 g/mol. The lowest BCUT2D eigenvalue weighted by atomic mass is 10.1. The topological polar surface area (TPSA) is 199 Å². The molecule has 0 aliphatic carbocycles. The average Bonchev–Trinajstić information content (AvgIpc) is 3.81. The lowest BCUT2D eigenvalue weighted by Gasteiger charge is -2.20. The van der Waals surface area contributed by atoms with Gasteiger partial charge in [0.2, 0.25) is 11.8 Å². The highest BCUT2D eigenvalue weighted by atomic mass is 79.9. The first-order valence-corrected chi connectivity index (χ1v) is 22.6. The summed E-state index contributed by atoms with van der Waals surface area (Å²) in [5, 5.41) is 25.1. The van der Waals surface area contributed by atoms with Crippen LogP contribution in [-0.4, -0.2) is 69.0 Å². The van der Waals surface area contributed by atoms with Gasteiger partial charge in [0.1, 0.15) is 21.3 Å². The molecule has 2 aromatic carbocycles. The molecule has 29 heteroatoms. The second-order valence-electron chi connectivity index (χ2n) is 14.6. The Labute approximate surface area is 408 Å². The van der Waals surface area contributed by atoms with Gasteiger partial charge in [-0.15, -0.1) is 43.1 Å². The predicted octanol–water partition coefficient (Wildman–Crippen LogP) is 7.96. The fourth-order valence-electron chi connectivity index (χ4n) is 7.39. The maximum absolute atomic E-state index is 15.4. The van der Waals surface area contributed by atoms with Crippen LogP contribution in [0.2, 0.25) is 0 Å². The normalized spacial score (nSPS) is 12.0. The number of alkyl halides is 6. The van der Waals surface area contributed by atoms with Crippen LogP contribution < -0.4 is 32.0 Å². The summed E-state index contributed by atoms with van der Waals surface area (Å²) in [5.41, 5.74) is -10.1. The van der Waals surface area contributed by atoms with E-state index in [-0.39, 0.29) is 40.1 Å². The lowest BCUT2D eigenvalue weighted by molar-refractivity contribution is -0.139. The van der Waals surface area contributed by atoms with E-state index < -0.39 is 123 Å². The summed E-state index contributed by atoms with van der Waals surface area (Å²) in [6.45, 7) is -3.80. The van der Waals surface area contributed by atoms with Crippen molar-refractivity contribution in [1.82, 2.24) is 43.6 Å². The number of hydrogen-bond donors (Lipinski definition) is 1. The van der Waals surface area contributed by atoms with Crippen LogP contribution in [0.1, 0.15) is 33.4 Å². The maximum Gasteiger partial charge on any atom is 0.416 e. The number of benzene rings is 2. The summed E-state index contributed by atoms with van der Waals surface area (Å²) >= 11 is 7.83. The van der Waals surface area contributed by atoms with Crippen LogP contribution in [0.25, 0.3) is 32.1 Å². The van der Waals surface area contributed by atoms with Crippen molar-refractivity contribution in [3.8, 4) is 23.4 Å². The van der Waals surface area contributed by atoms with E-state index in [1.165, 1.54) is 26.4 Å². The van der Waals surface area contributed by atoms with Gasteiger partial charge in [0, 0.05) is 34.4 Å². The summed E-state index contributed by atoms with van der Waals surface area (Å²) in [6.07, 6.45) is -11.9. The van der Waals surface area contributed by atoms with Gasteiger partial charge in [-0.3, -0.25) is 23.6 Å². The molecule has 0 aliphatic heterocycles. The largest absolute Gasteiger partial charge is 0.480 e. The molecular weight excluding hydrogens is 1120 g/mol. The zero-order valence-electron chi connectivity index (χ0n) is 35.0. The Morgan fingerprint density at radius 1 is 0.629 bits per heavy atom. The molecule has 0 fully saturated rings. The van der Waals surface area contributed by atoms with Crippen LogP contribution >= 0.6 is 54.5 Å². The minimum Gasteiger partial charge on any atom is -0.480 e. The molecule has 0 saturated heterocycles. The molecule has 0 spiro atoms. The van der Waals surface area contributed by atoms with E-state index in [0.29, 0.717) is 58.0 Å². The number of hydrogen-bond acceptors (Lipinski definition) is 13. The molecule has 8 rings (SSSR count). The fraction of sp³-hybridized carbons (Fsp3) is 0.195.